The van der Waals surface area contributed by atoms with Gasteiger partial charge in [0.05, 0.1) is 0 Å². The van der Waals surface area contributed by atoms with E-state index in [1.165, 1.54) is 4.90 Å². The zero-order valence-corrected chi connectivity index (χ0v) is 13.0. The number of nitrogens with two attached hydrogens (primary N) is 1. The molecule has 0 saturated heterocycles. The van der Waals surface area contributed by atoms with E-state index in [4.69, 9.17) is 19.9 Å². The number of nitrogen functional groups attached to an aromatic ring is 1. The monoisotopic (exact) mass is 342 g/mol. The summed E-state index contributed by atoms with van der Waals surface area (Å²) in [6.07, 6.45) is 0. The predicted molar refractivity (Wildman–Crippen MR) is 87.7 cm³/mol. The lowest BCUT2D eigenvalue weighted by molar-refractivity contribution is -0.123. The highest BCUT2D eigenvalue weighted by Crippen LogP contribution is 2.34. The van der Waals surface area contributed by atoms with Crippen LogP contribution in [-0.4, -0.2) is 36.7 Å². The molecule has 0 spiro atoms. The molecule has 4 rings (SSSR count). The SMILES string of the molecule is Nc1ccc2c(n1)N(CC(=O)Nc1ccc3c(c1)OCO3)C(=O)CO2. The van der Waals surface area contributed by atoms with Crippen molar-refractivity contribution in [2.45, 2.75) is 0 Å². The molecule has 0 bridgehead atoms. The molecule has 9 nitrogen and oxygen atoms in total. The number of pyridine rings is 1. The van der Waals surface area contributed by atoms with Crippen LogP contribution in [0.1, 0.15) is 0 Å². The lowest BCUT2D eigenvalue weighted by Crippen LogP contribution is -2.44. The molecule has 2 aliphatic rings. The van der Waals surface area contributed by atoms with Crippen molar-refractivity contribution in [3.05, 3.63) is 30.3 Å². The van der Waals surface area contributed by atoms with Gasteiger partial charge in [0, 0.05) is 11.8 Å². The Labute approximate surface area is 142 Å². The summed E-state index contributed by atoms with van der Waals surface area (Å²) >= 11 is 0. The summed E-state index contributed by atoms with van der Waals surface area (Å²) in [4.78, 5) is 29.8. The van der Waals surface area contributed by atoms with Gasteiger partial charge in [-0.2, -0.15) is 0 Å². The normalized spacial score (nSPS) is 14.7. The Morgan fingerprint density at radius 1 is 1.16 bits per heavy atom. The van der Waals surface area contributed by atoms with Crippen molar-refractivity contribution < 1.29 is 23.8 Å². The van der Waals surface area contributed by atoms with Gasteiger partial charge in [-0.1, -0.05) is 0 Å². The molecule has 0 radical (unpaired) electrons. The van der Waals surface area contributed by atoms with Crippen molar-refractivity contribution >= 4 is 29.1 Å². The summed E-state index contributed by atoms with van der Waals surface area (Å²) in [5.74, 6) is 1.30. The van der Waals surface area contributed by atoms with Crippen molar-refractivity contribution in [3.8, 4) is 17.2 Å². The fraction of sp³-hybridized carbons (Fsp3) is 0.188. The van der Waals surface area contributed by atoms with E-state index in [2.05, 4.69) is 10.3 Å². The third-order valence-corrected chi connectivity index (χ3v) is 3.73. The van der Waals surface area contributed by atoms with Crippen molar-refractivity contribution in [3.63, 3.8) is 0 Å². The van der Waals surface area contributed by atoms with Gasteiger partial charge in [0.15, 0.2) is 29.7 Å². The zero-order chi connectivity index (χ0) is 17.4. The quantitative estimate of drug-likeness (QED) is 0.846. The summed E-state index contributed by atoms with van der Waals surface area (Å²) in [6, 6.07) is 8.24. The first kappa shape index (κ1) is 15.1. The molecule has 0 aliphatic carbocycles. The van der Waals surface area contributed by atoms with Crippen LogP contribution in [0.3, 0.4) is 0 Å². The number of nitrogens with one attached hydrogen (secondary N) is 1. The minimum atomic E-state index is -0.385. The molecular formula is C16H14N4O5. The topological polar surface area (TPSA) is 116 Å². The minimum absolute atomic E-state index is 0.152. The molecule has 0 fully saturated rings. The zero-order valence-electron chi connectivity index (χ0n) is 13.0. The first-order valence-corrected chi connectivity index (χ1v) is 7.49. The van der Waals surface area contributed by atoms with Crippen LogP contribution in [0.15, 0.2) is 30.3 Å². The maximum Gasteiger partial charge on any atom is 0.266 e. The van der Waals surface area contributed by atoms with Gasteiger partial charge in [0.2, 0.25) is 12.7 Å². The van der Waals surface area contributed by atoms with E-state index in [9.17, 15) is 9.59 Å². The van der Waals surface area contributed by atoms with Gasteiger partial charge in [0.25, 0.3) is 5.91 Å². The average Bonchev–Trinajstić information content (AvgIpc) is 3.05. The average molecular weight is 342 g/mol. The van der Waals surface area contributed by atoms with Crippen LogP contribution >= 0.6 is 0 Å². The number of benzene rings is 1. The first-order valence-electron chi connectivity index (χ1n) is 7.49. The molecule has 2 amide bonds. The molecule has 1 aromatic heterocycles. The molecule has 0 unspecified atom stereocenters. The molecule has 128 valence electrons. The lowest BCUT2D eigenvalue weighted by Gasteiger charge is -2.27. The third kappa shape index (κ3) is 2.87. The number of carbonyl (C=O) groups is 2. The summed E-state index contributed by atoms with van der Waals surface area (Å²) in [5.41, 5.74) is 6.20. The number of hydrogen-bond acceptors (Lipinski definition) is 7. The smallest absolute Gasteiger partial charge is 0.266 e. The van der Waals surface area contributed by atoms with E-state index in [1.54, 1.807) is 30.3 Å². The van der Waals surface area contributed by atoms with E-state index in [0.29, 0.717) is 22.9 Å². The number of fused-ring (bicyclic) bond motifs is 2. The van der Waals surface area contributed by atoms with Gasteiger partial charge in [-0.25, -0.2) is 4.98 Å². The Hall–Kier alpha value is -3.49. The van der Waals surface area contributed by atoms with E-state index < -0.39 is 0 Å². The Morgan fingerprint density at radius 2 is 1.96 bits per heavy atom. The Kier molecular flexibility index (Phi) is 3.53. The van der Waals surface area contributed by atoms with Crippen LogP contribution in [0.2, 0.25) is 0 Å². The summed E-state index contributed by atoms with van der Waals surface area (Å²) < 4.78 is 15.8. The molecule has 2 aromatic rings. The number of anilines is 3. The molecule has 0 atom stereocenters. The van der Waals surface area contributed by atoms with Crippen molar-refractivity contribution in [1.82, 2.24) is 4.98 Å². The molecule has 9 heteroatoms. The van der Waals surface area contributed by atoms with Gasteiger partial charge >= 0.3 is 0 Å². The van der Waals surface area contributed by atoms with Crippen LogP contribution in [-0.2, 0) is 9.59 Å². The number of aromatic nitrogens is 1. The largest absolute Gasteiger partial charge is 0.480 e. The molecule has 2 aliphatic heterocycles. The summed E-state index contributed by atoms with van der Waals surface area (Å²) in [7, 11) is 0. The highest BCUT2D eigenvalue weighted by Gasteiger charge is 2.29. The molecule has 3 N–H and O–H groups in total. The van der Waals surface area contributed by atoms with Crippen LogP contribution in [0.25, 0.3) is 0 Å². The maximum atomic E-state index is 12.3. The second kappa shape index (κ2) is 5.86. The second-order valence-electron chi connectivity index (χ2n) is 5.44. The van der Waals surface area contributed by atoms with E-state index >= 15 is 0 Å². The van der Waals surface area contributed by atoms with Crippen LogP contribution < -0.4 is 30.2 Å². The maximum absolute atomic E-state index is 12.3. The van der Waals surface area contributed by atoms with Gasteiger partial charge in [0.1, 0.15) is 12.4 Å². The Bertz CT molecular complexity index is 870. The Balaban J connectivity index is 1.51. The molecule has 3 heterocycles. The minimum Gasteiger partial charge on any atom is -0.480 e. The van der Waals surface area contributed by atoms with Crippen molar-refractivity contribution in [2.75, 3.05) is 35.9 Å². The van der Waals surface area contributed by atoms with E-state index in [-0.39, 0.29) is 43.4 Å². The number of ether oxygens (including phenoxy) is 3. The second-order valence-corrected chi connectivity index (χ2v) is 5.44. The predicted octanol–water partition coefficient (Wildman–Crippen LogP) is 0.757. The molecule has 1 aromatic carbocycles. The molecule has 25 heavy (non-hydrogen) atoms. The first-order chi connectivity index (χ1) is 12.1. The summed E-state index contributed by atoms with van der Waals surface area (Å²) in [6.45, 7) is -0.213. The number of nitrogens with zero attached hydrogens (tertiary/aromatic N) is 2. The van der Waals surface area contributed by atoms with Crippen LogP contribution in [0.5, 0.6) is 17.2 Å². The van der Waals surface area contributed by atoms with Crippen molar-refractivity contribution in [1.29, 1.82) is 0 Å². The van der Waals surface area contributed by atoms with Gasteiger partial charge < -0.3 is 25.3 Å². The molecule has 0 saturated carbocycles. The van der Waals surface area contributed by atoms with Gasteiger partial charge in [-0.15, -0.1) is 0 Å². The van der Waals surface area contributed by atoms with Crippen LogP contribution in [0.4, 0.5) is 17.3 Å². The fourth-order valence-corrected chi connectivity index (χ4v) is 2.57. The summed E-state index contributed by atoms with van der Waals surface area (Å²) in [5, 5.41) is 2.72. The standard InChI is InChI=1S/C16H14N4O5/c17-13-4-3-11-16(19-13)20(15(22)7-23-11)6-14(21)18-9-1-2-10-12(5-9)25-8-24-10/h1-5H,6-8H2,(H2,17,19)(H,18,21). The lowest BCUT2D eigenvalue weighted by atomic mass is 10.2. The highest BCUT2D eigenvalue weighted by molar-refractivity contribution is 6.04. The Morgan fingerprint density at radius 3 is 2.84 bits per heavy atom. The number of hydrogen-bond donors (Lipinski definition) is 2. The van der Waals surface area contributed by atoms with E-state index in [0.717, 1.165) is 0 Å². The number of rotatable bonds is 3. The van der Waals surface area contributed by atoms with Gasteiger partial charge in [-0.3, -0.25) is 14.5 Å². The number of amides is 2. The highest BCUT2D eigenvalue weighted by atomic mass is 16.7. The molecular weight excluding hydrogens is 328 g/mol. The third-order valence-electron chi connectivity index (χ3n) is 3.73. The number of carbonyl (C=O) groups excluding carboxylic acids is 2. The fourth-order valence-electron chi connectivity index (χ4n) is 2.57. The van der Waals surface area contributed by atoms with E-state index in [1.807, 2.05) is 0 Å². The van der Waals surface area contributed by atoms with Crippen molar-refractivity contribution in [2.24, 2.45) is 0 Å². The van der Waals surface area contributed by atoms with Crippen LogP contribution in [0, 0.1) is 0 Å². The van der Waals surface area contributed by atoms with Gasteiger partial charge in [-0.05, 0) is 24.3 Å².